The van der Waals surface area contributed by atoms with Crippen LogP contribution in [-0.2, 0) is 16.1 Å². The average molecular weight is 375 g/mol. The summed E-state index contributed by atoms with van der Waals surface area (Å²) in [5.41, 5.74) is 1.13. The van der Waals surface area contributed by atoms with E-state index >= 15 is 0 Å². The Morgan fingerprint density at radius 2 is 1.81 bits per heavy atom. The van der Waals surface area contributed by atoms with Gasteiger partial charge in [0.25, 0.3) is 0 Å². The van der Waals surface area contributed by atoms with Gasteiger partial charge in [-0.15, -0.1) is 0 Å². The molecule has 0 aliphatic heterocycles. The monoisotopic (exact) mass is 374 g/mol. The molecule has 0 bridgehead atoms. The van der Waals surface area contributed by atoms with Crippen LogP contribution in [0.2, 0.25) is 0 Å². The summed E-state index contributed by atoms with van der Waals surface area (Å²) < 4.78 is 6.02. The van der Waals surface area contributed by atoms with Crippen molar-refractivity contribution >= 4 is 11.9 Å². The number of aliphatic imine (C=N–C) groups is 1. The first-order valence-corrected chi connectivity index (χ1v) is 10.0. The predicted octanol–water partition coefficient (Wildman–Crippen LogP) is 2.55. The predicted molar refractivity (Wildman–Crippen MR) is 110 cm³/mol. The van der Waals surface area contributed by atoms with Crippen LogP contribution in [0.5, 0.6) is 0 Å². The highest BCUT2D eigenvalue weighted by molar-refractivity contribution is 5.86. The molecule has 0 aromatic heterocycles. The van der Waals surface area contributed by atoms with E-state index in [1.54, 1.807) is 19.0 Å². The standard InChI is InChI=1S/C21H34N4O2/c1-25(2)20(26)17-24-21(23-16-18-10-6-5-7-11-18)22-14-15-27-19-12-8-3-4-9-13-19/h5-7,10-11,19H,3-4,8-9,12-17H2,1-2H3,(H2,22,23,24). The van der Waals surface area contributed by atoms with Gasteiger partial charge in [0.15, 0.2) is 5.96 Å². The molecule has 0 heterocycles. The molecule has 27 heavy (non-hydrogen) atoms. The Morgan fingerprint density at radius 3 is 2.48 bits per heavy atom. The van der Waals surface area contributed by atoms with Crippen molar-refractivity contribution in [3.8, 4) is 0 Å². The largest absolute Gasteiger partial charge is 0.376 e. The summed E-state index contributed by atoms with van der Waals surface area (Å²) in [6.07, 6.45) is 7.94. The first-order chi connectivity index (χ1) is 13.1. The van der Waals surface area contributed by atoms with Gasteiger partial charge >= 0.3 is 0 Å². The van der Waals surface area contributed by atoms with Gasteiger partial charge in [-0.2, -0.15) is 0 Å². The van der Waals surface area contributed by atoms with Crippen molar-refractivity contribution in [2.24, 2.45) is 4.99 Å². The van der Waals surface area contributed by atoms with Gasteiger partial charge in [-0.05, 0) is 18.4 Å². The zero-order valence-corrected chi connectivity index (χ0v) is 16.7. The molecule has 1 amide bonds. The highest BCUT2D eigenvalue weighted by Crippen LogP contribution is 2.19. The van der Waals surface area contributed by atoms with Crippen molar-refractivity contribution < 1.29 is 9.53 Å². The maximum absolute atomic E-state index is 11.8. The number of hydrogen-bond donors (Lipinski definition) is 2. The van der Waals surface area contributed by atoms with Crippen LogP contribution in [0.3, 0.4) is 0 Å². The molecule has 2 rings (SSSR count). The average Bonchev–Trinajstić information content (AvgIpc) is 2.96. The summed E-state index contributed by atoms with van der Waals surface area (Å²) >= 11 is 0. The maximum atomic E-state index is 11.8. The summed E-state index contributed by atoms with van der Waals surface area (Å²) in [5, 5.41) is 6.39. The molecule has 1 aliphatic rings. The van der Waals surface area contributed by atoms with E-state index in [2.05, 4.69) is 15.6 Å². The lowest BCUT2D eigenvalue weighted by Crippen LogP contribution is -2.44. The fraction of sp³-hybridized carbons (Fsp3) is 0.619. The van der Waals surface area contributed by atoms with Crippen LogP contribution in [-0.4, -0.2) is 56.7 Å². The van der Waals surface area contributed by atoms with Gasteiger partial charge in [-0.3, -0.25) is 4.79 Å². The fourth-order valence-corrected chi connectivity index (χ4v) is 3.05. The first kappa shape index (κ1) is 21.2. The van der Waals surface area contributed by atoms with E-state index in [4.69, 9.17) is 4.74 Å². The van der Waals surface area contributed by atoms with Crippen molar-refractivity contribution in [1.82, 2.24) is 15.5 Å². The smallest absolute Gasteiger partial charge is 0.241 e. The Morgan fingerprint density at radius 1 is 1.11 bits per heavy atom. The lowest BCUT2D eigenvalue weighted by atomic mass is 10.1. The summed E-state index contributed by atoms with van der Waals surface area (Å²) in [5.74, 6) is 0.650. The van der Waals surface area contributed by atoms with Crippen LogP contribution < -0.4 is 10.6 Å². The molecule has 6 nitrogen and oxygen atoms in total. The van der Waals surface area contributed by atoms with Gasteiger partial charge in [0.1, 0.15) is 0 Å². The molecule has 0 spiro atoms. The first-order valence-electron chi connectivity index (χ1n) is 10.0. The van der Waals surface area contributed by atoms with E-state index in [1.165, 1.54) is 38.5 Å². The topological polar surface area (TPSA) is 66.0 Å². The van der Waals surface area contributed by atoms with Gasteiger partial charge in [0.05, 0.1) is 25.8 Å². The minimum absolute atomic E-state index is 0.0129. The lowest BCUT2D eigenvalue weighted by Gasteiger charge is -2.17. The van der Waals surface area contributed by atoms with E-state index < -0.39 is 0 Å². The molecule has 1 fully saturated rings. The SMILES string of the molecule is CN(C)C(=O)CNC(=NCc1ccccc1)NCCOC1CCCCCC1. The molecule has 0 saturated heterocycles. The third-order valence-electron chi connectivity index (χ3n) is 4.72. The zero-order chi connectivity index (χ0) is 19.3. The summed E-state index contributed by atoms with van der Waals surface area (Å²) in [7, 11) is 3.50. The summed E-state index contributed by atoms with van der Waals surface area (Å²) in [4.78, 5) is 18.0. The Balaban J connectivity index is 1.80. The fourth-order valence-electron chi connectivity index (χ4n) is 3.05. The van der Waals surface area contributed by atoms with Crippen LogP contribution in [0.4, 0.5) is 0 Å². The molecule has 1 aliphatic carbocycles. The molecule has 0 unspecified atom stereocenters. The number of rotatable bonds is 8. The summed E-state index contributed by atoms with van der Waals surface area (Å²) in [6, 6.07) is 10.1. The van der Waals surface area contributed by atoms with Crippen LogP contribution in [0.1, 0.15) is 44.1 Å². The molecule has 1 aromatic carbocycles. The highest BCUT2D eigenvalue weighted by Gasteiger charge is 2.12. The summed E-state index contributed by atoms with van der Waals surface area (Å²) in [6.45, 7) is 2.11. The van der Waals surface area contributed by atoms with E-state index in [-0.39, 0.29) is 12.5 Å². The molecule has 6 heteroatoms. The minimum Gasteiger partial charge on any atom is -0.376 e. The second-order valence-electron chi connectivity index (χ2n) is 7.20. The van der Waals surface area contributed by atoms with Crippen LogP contribution in [0, 0.1) is 0 Å². The number of nitrogens with zero attached hydrogens (tertiary/aromatic N) is 2. The number of carbonyl (C=O) groups excluding carboxylic acids is 1. The van der Waals surface area contributed by atoms with Crippen molar-refractivity contribution in [1.29, 1.82) is 0 Å². The number of carbonyl (C=O) groups is 1. The maximum Gasteiger partial charge on any atom is 0.241 e. The van der Waals surface area contributed by atoms with Crippen molar-refractivity contribution in [2.75, 3.05) is 33.8 Å². The molecule has 1 aromatic rings. The quantitative estimate of drug-likeness (QED) is 0.318. The second kappa shape index (κ2) is 12.3. The van der Waals surface area contributed by atoms with Gasteiger partial charge < -0.3 is 20.3 Å². The third kappa shape index (κ3) is 8.91. The number of likely N-dealkylation sites (N-methyl/N-ethyl adjacent to an activating group) is 1. The van der Waals surface area contributed by atoms with E-state index in [0.717, 1.165) is 5.56 Å². The van der Waals surface area contributed by atoms with E-state index in [9.17, 15) is 4.79 Å². The second-order valence-corrected chi connectivity index (χ2v) is 7.20. The Bertz CT molecular complexity index is 567. The number of amides is 1. The van der Waals surface area contributed by atoms with Crippen molar-refractivity contribution in [3.05, 3.63) is 35.9 Å². The minimum atomic E-state index is 0.0129. The number of ether oxygens (including phenoxy) is 1. The Hall–Kier alpha value is -2.08. The number of guanidine groups is 1. The van der Waals surface area contributed by atoms with Crippen LogP contribution in [0.15, 0.2) is 35.3 Å². The molecule has 150 valence electrons. The van der Waals surface area contributed by atoms with Crippen LogP contribution >= 0.6 is 0 Å². The van der Waals surface area contributed by atoms with E-state index in [0.29, 0.717) is 31.8 Å². The Labute approximate surface area is 163 Å². The van der Waals surface area contributed by atoms with Gasteiger partial charge in [-0.25, -0.2) is 4.99 Å². The Kier molecular flexibility index (Phi) is 9.69. The molecular weight excluding hydrogens is 340 g/mol. The van der Waals surface area contributed by atoms with E-state index in [1.807, 2.05) is 30.3 Å². The third-order valence-corrected chi connectivity index (χ3v) is 4.72. The number of benzene rings is 1. The molecule has 2 N–H and O–H groups in total. The number of nitrogens with one attached hydrogen (secondary N) is 2. The van der Waals surface area contributed by atoms with Crippen molar-refractivity contribution in [3.63, 3.8) is 0 Å². The highest BCUT2D eigenvalue weighted by atomic mass is 16.5. The van der Waals surface area contributed by atoms with Gasteiger partial charge in [0.2, 0.25) is 5.91 Å². The van der Waals surface area contributed by atoms with Crippen LogP contribution in [0.25, 0.3) is 0 Å². The number of hydrogen-bond acceptors (Lipinski definition) is 3. The van der Waals surface area contributed by atoms with Crippen molar-refractivity contribution in [2.45, 2.75) is 51.2 Å². The van der Waals surface area contributed by atoms with Gasteiger partial charge in [-0.1, -0.05) is 56.0 Å². The molecule has 1 saturated carbocycles. The molecule has 0 radical (unpaired) electrons. The normalized spacial score (nSPS) is 15.9. The molecule has 0 atom stereocenters. The zero-order valence-electron chi connectivity index (χ0n) is 16.7. The lowest BCUT2D eigenvalue weighted by molar-refractivity contribution is -0.127. The molecular formula is C21H34N4O2. The van der Waals surface area contributed by atoms with Gasteiger partial charge in [0, 0.05) is 20.6 Å².